The maximum absolute atomic E-state index is 5.75. The lowest BCUT2D eigenvalue weighted by Gasteiger charge is -2.39. The van der Waals surface area contributed by atoms with Crippen LogP contribution in [0.1, 0.15) is 0 Å². The second-order valence-electron chi connectivity index (χ2n) is 3.76. The predicted molar refractivity (Wildman–Crippen MR) is 56.3 cm³/mol. The fourth-order valence-corrected chi connectivity index (χ4v) is 1.91. The van der Waals surface area contributed by atoms with Gasteiger partial charge in [0.25, 0.3) is 0 Å². The van der Waals surface area contributed by atoms with Crippen LogP contribution in [0.2, 0.25) is 0 Å². The highest BCUT2D eigenvalue weighted by molar-refractivity contribution is 5.32. The average Bonchev–Trinajstić information content (AvgIpc) is 2.70. The number of aromatic nitrogens is 2. The fraction of sp³-hybridized carbons (Fsp3) is 0.667. The summed E-state index contributed by atoms with van der Waals surface area (Å²) < 4.78 is 0. The van der Waals surface area contributed by atoms with Gasteiger partial charge in [0, 0.05) is 38.6 Å². The molecule has 2 heterocycles. The lowest BCUT2D eigenvalue weighted by Crippen LogP contribution is -2.55. The Kier molecular flexibility index (Phi) is 2.69. The van der Waals surface area contributed by atoms with Gasteiger partial charge in [-0.3, -0.25) is 0 Å². The number of nitrogens with one attached hydrogen (secondary N) is 1. The van der Waals surface area contributed by atoms with Gasteiger partial charge >= 0.3 is 0 Å². The first-order chi connectivity index (χ1) is 6.81. The molecule has 1 aliphatic rings. The lowest BCUT2D eigenvalue weighted by atomic mass is 10.2. The summed E-state index contributed by atoms with van der Waals surface area (Å²) in [4.78, 5) is 11.9. The van der Waals surface area contributed by atoms with Crippen LogP contribution >= 0.6 is 0 Å². The van der Waals surface area contributed by atoms with Crippen molar-refractivity contribution in [1.29, 1.82) is 0 Å². The molecule has 0 radical (unpaired) electrons. The average molecular weight is 195 g/mol. The van der Waals surface area contributed by atoms with E-state index < -0.39 is 0 Å². The maximum Gasteiger partial charge on any atom is 0.203 e. The molecule has 1 aliphatic heterocycles. The highest BCUT2D eigenvalue weighted by atomic mass is 15.3. The Morgan fingerprint density at radius 3 is 3.14 bits per heavy atom. The molecule has 1 fully saturated rings. The van der Waals surface area contributed by atoms with E-state index in [0.717, 1.165) is 25.6 Å². The molecule has 0 bridgehead atoms. The van der Waals surface area contributed by atoms with E-state index in [1.165, 1.54) is 0 Å². The van der Waals surface area contributed by atoms with Gasteiger partial charge in [0.2, 0.25) is 5.95 Å². The number of likely N-dealkylation sites (N-methyl/N-ethyl adjacent to an activating group) is 1. The number of hydrogen-bond acceptors (Lipinski definition) is 4. The number of imidazole rings is 1. The molecule has 1 saturated heterocycles. The Morgan fingerprint density at radius 2 is 2.50 bits per heavy atom. The molecule has 1 aromatic rings. The van der Waals surface area contributed by atoms with Gasteiger partial charge in [-0.05, 0) is 7.05 Å². The van der Waals surface area contributed by atoms with E-state index in [4.69, 9.17) is 5.73 Å². The van der Waals surface area contributed by atoms with E-state index in [2.05, 4.69) is 26.8 Å². The molecule has 3 N–H and O–H groups in total. The zero-order valence-electron chi connectivity index (χ0n) is 8.48. The molecule has 0 aliphatic carbocycles. The van der Waals surface area contributed by atoms with E-state index in [1.807, 2.05) is 6.20 Å². The van der Waals surface area contributed by atoms with Gasteiger partial charge in [-0.25, -0.2) is 4.98 Å². The molecule has 0 aromatic carbocycles. The Labute approximate surface area is 83.9 Å². The Balaban J connectivity index is 2.10. The molecular weight excluding hydrogens is 178 g/mol. The number of piperazine rings is 1. The number of rotatable bonds is 2. The number of aromatic amines is 1. The van der Waals surface area contributed by atoms with Crippen LogP contribution in [-0.4, -0.2) is 54.1 Å². The molecule has 2 rings (SSSR count). The molecular formula is C9H17N5. The molecule has 0 amide bonds. The van der Waals surface area contributed by atoms with E-state index in [9.17, 15) is 0 Å². The second-order valence-corrected chi connectivity index (χ2v) is 3.76. The van der Waals surface area contributed by atoms with E-state index in [0.29, 0.717) is 12.6 Å². The second kappa shape index (κ2) is 3.98. The van der Waals surface area contributed by atoms with Crippen molar-refractivity contribution < 1.29 is 0 Å². The summed E-state index contributed by atoms with van der Waals surface area (Å²) in [5.74, 6) is 0.938. The smallest absolute Gasteiger partial charge is 0.203 e. The summed E-state index contributed by atoms with van der Waals surface area (Å²) in [6.45, 7) is 3.74. The van der Waals surface area contributed by atoms with Crippen molar-refractivity contribution in [1.82, 2.24) is 14.9 Å². The molecule has 1 aromatic heterocycles. The minimum Gasteiger partial charge on any atom is -0.336 e. The van der Waals surface area contributed by atoms with E-state index >= 15 is 0 Å². The molecule has 0 saturated carbocycles. The van der Waals surface area contributed by atoms with Crippen LogP contribution in [0.3, 0.4) is 0 Å². The Bertz CT molecular complexity index is 271. The summed E-state index contributed by atoms with van der Waals surface area (Å²) in [5.41, 5.74) is 5.75. The summed E-state index contributed by atoms with van der Waals surface area (Å²) in [6.07, 6.45) is 3.63. The van der Waals surface area contributed by atoms with Gasteiger partial charge in [0.15, 0.2) is 0 Å². The number of anilines is 1. The van der Waals surface area contributed by atoms with Gasteiger partial charge in [0.05, 0.1) is 6.04 Å². The van der Waals surface area contributed by atoms with Crippen LogP contribution in [-0.2, 0) is 0 Å². The van der Waals surface area contributed by atoms with Crippen molar-refractivity contribution >= 4 is 5.95 Å². The number of hydrogen-bond donors (Lipinski definition) is 2. The molecule has 5 nitrogen and oxygen atoms in total. The third-order valence-electron chi connectivity index (χ3n) is 2.71. The van der Waals surface area contributed by atoms with Gasteiger partial charge in [-0.1, -0.05) is 0 Å². The lowest BCUT2D eigenvalue weighted by molar-refractivity contribution is 0.268. The SMILES string of the molecule is CN1CCN(c2ncc[nH]2)C(CN)C1. The zero-order chi connectivity index (χ0) is 9.97. The third-order valence-corrected chi connectivity index (χ3v) is 2.71. The monoisotopic (exact) mass is 195 g/mol. The number of H-pyrrole nitrogens is 1. The minimum absolute atomic E-state index is 0.375. The Hall–Kier alpha value is -1.07. The maximum atomic E-state index is 5.75. The van der Waals surface area contributed by atoms with Crippen LogP contribution in [0.25, 0.3) is 0 Å². The van der Waals surface area contributed by atoms with Gasteiger partial charge in [-0.2, -0.15) is 0 Å². The number of nitrogens with two attached hydrogens (primary N) is 1. The topological polar surface area (TPSA) is 61.2 Å². The number of nitrogens with zero attached hydrogens (tertiary/aromatic N) is 3. The van der Waals surface area contributed by atoms with Gasteiger partial charge in [0.1, 0.15) is 0 Å². The molecule has 1 unspecified atom stereocenters. The first kappa shape index (κ1) is 9.48. The van der Waals surface area contributed by atoms with Crippen LogP contribution in [0.4, 0.5) is 5.95 Å². The summed E-state index contributed by atoms with van der Waals surface area (Å²) in [5, 5.41) is 0. The van der Waals surface area contributed by atoms with Crippen molar-refractivity contribution in [3.63, 3.8) is 0 Å². The van der Waals surface area contributed by atoms with Crippen LogP contribution in [0, 0.1) is 0 Å². The predicted octanol–water partition coefficient (Wildman–Crippen LogP) is -0.511. The highest BCUT2D eigenvalue weighted by Gasteiger charge is 2.25. The Morgan fingerprint density at radius 1 is 1.64 bits per heavy atom. The van der Waals surface area contributed by atoms with Crippen LogP contribution < -0.4 is 10.6 Å². The zero-order valence-corrected chi connectivity index (χ0v) is 8.48. The van der Waals surface area contributed by atoms with Gasteiger partial charge < -0.3 is 20.5 Å². The van der Waals surface area contributed by atoms with Crippen molar-refractivity contribution in [3.05, 3.63) is 12.4 Å². The third kappa shape index (κ3) is 1.73. The van der Waals surface area contributed by atoms with Crippen LogP contribution in [0.15, 0.2) is 12.4 Å². The normalized spacial score (nSPS) is 24.1. The quantitative estimate of drug-likeness (QED) is 0.667. The highest BCUT2D eigenvalue weighted by Crippen LogP contribution is 2.14. The molecule has 5 heteroatoms. The fourth-order valence-electron chi connectivity index (χ4n) is 1.91. The summed E-state index contributed by atoms with van der Waals surface area (Å²) in [6, 6.07) is 0.375. The van der Waals surface area contributed by atoms with Crippen molar-refractivity contribution in [2.45, 2.75) is 6.04 Å². The van der Waals surface area contributed by atoms with Crippen LogP contribution in [0.5, 0.6) is 0 Å². The molecule has 1 atom stereocenters. The van der Waals surface area contributed by atoms with E-state index in [-0.39, 0.29) is 0 Å². The summed E-state index contributed by atoms with van der Waals surface area (Å²) in [7, 11) is 2.13. The molecule has 14 heavy (non-hydrogen) atoms. The molecule has 0 spiro atoms. The van der Waals surface area contributed by atoms with E-state index in [1.54, 1.807) is 6.20 Å². The standard InChI is InChI=1S/C9H17N5/c1-13-4-5-14(8(6-10)7-13)9-11-2-3-12-9/h2-3,8H,4-7,10H2,1H3,(H,11,12). The first-order valence-corrected chi connectivity index (χ1v) is 4.96. The van der Waals surface area contributed by atoms with Crippen molar-refractivity contribution in [3.8, 4) is 0 Å². The van der Waals surface area contributed by atoms with Gasteiger partial charge in [-0.15, -0.1) is 0 Å². The van der Waals surface area contributed by atoms with Crippen molar-refractivity contribution in [2.75, 3.05) is 38.1 Å². The minimum atomic E-state index is 0.375. The van der Waals surface area contributed by atoms with Crippen molar-refractivity contribution in [2.24, 2.45) is 5.73 Å². The summed E-state index contributed by atoms with van der Waals surface area (Å²) >= 11 is 0. The molecule has 78 valence electrons. The first-order valence-electron chi connectivity index (χ1n) is 4.96. The largest absolute Gasteiger partial charge is 0.336 e.